The van der Waals surface area contributed by atoms with Crippen LogP contribution in [0, 0.1) is 11.6 Å². The lowest BCUT2D eigenvalue weighted by molar-refractivity contribution is 0.177. The summed E-state index contributed by atoms with van der Waals surface area (Å²) in [6.45, 7) is 0. The lowest BCUT2D eigenvalue weighted by Crippen LogP contribution is -2.04. The first-order valence-electron chi connectivity index (χ1n) is 5.65. The highest BCUT2D eigenvalue weighted by Crippen LogP contribution is 2.31. The van der Waals surface area contributed by atoms with Gasteiger partial charge in [-0.3, -0.25) is 0 Å². The second kappa shape index (κ2) is 6.39. The van der Waals surface area contributed by atoms with Gasteiger partial charge in [0.1, 0.15) is 0 Å². The summed E-state index contributed by atoms with van der Waals surface area (Å²) < 4.78 is 26.4. The summed E-state index contributed by atoms with van der Waals surface area (Å²) in [4.78, 5) is 0. The van der Waals surface area contributed by atoms with E-state index in [1.54, 1.807) is 18.2 Å². The molecular weight excluding hydrogens is 373 g/mol. The highest BCUT2D eigenvalue weighted by Gasteiger charge is 2.18. The van der Waals surface area contributed by atoms with E-state index < -0.39 is 17.7 Å². The molecule has 0 aromatic heterocycles. The molecule has 1 unspecified atom stereocenters. The van der Waals surface area contributed by atoms with E-state index in [9.17, 15) is 13.9 Å². The van der Waals surface area contributed by atoms with Crippen molar-refractivity contribution in [1.29, 1.82) is 0 Å². The fourth-order valence-corrected chi connectivity index (χ4v) is 2.70. The molecule has 106 valence electrons. The van der Waals surface area contributed by atoms with Crippen molar-refractivity contribution in [3.05, 3.63) is 67.6 Å². The molecule has 0 aliphatic rings. The second-order valence-electron chi connectivity index (χ2n) is 4.23. The van der Waals surface area contributed by atoms with Gasteiger partial charge in [0.15, 0.2) is 11.6 Å². The average Bonchev–Trinajstić information content (AvgIpc) is 2.40. The van der Waals surface area contributed by atoms with Crippen LogP contribution in [0.4, 0.5) is 8.78 Å². The molecule has 0 aliphatic carbocycles. The van der Waals surface area contributed by atoms with Crippen molar-refractivity contribution >= 4 is 39.1 Å². The van der Waals surface area contributed by atoms with Crippen LogP contribution in [0.15, 0.2) is 34.8 Å². The molecule has 2 aromatic rings. The third kappa shape index (κ3) is 3.31. The minimum Gasteiger partial charge on any atom is -0.388 e. The van der Waals surface area contributed by atoms with Crippen molar-refractivity contribution in [2.45, 2.75) is 12.5 Å². The van der Waals surface area contributed by atoms with E-state index in [1.165, 1.54) is 6.07 Å². The van der Waals surface area contributed by atoms with E-state index in [2.05, 4.69) is 15.9 Å². The summed E-state index contributed by atoms with van der Waals surface area (Å²) in [7, 11) is 0. The third-order valence-corrected chi connectivity index (χ3v) is 4.38. The standard InChI is InChI=1S/C14H9BrCl2F2O/c15-13-8(2-4-11(18)14(13)19)12(20)6-7-1-3-9(16)10(17)5-7/h1-5,12,20H,6H2. The molecule has 0 bridgehead atoms. The van der Waals surface area contributed by atoms with E-state index in [0.29, 0.717) is 10.0 Å². The van der Waals surface area contributed by atoms with Gasteiger partial charge in [-0.15, -0.1) is 0 Å². The highest BCUT2D eigenvalue weighted by atomic mass is 79.9. The van der Waals surface area contributed by atoms with Crippen LogP contribution in [0.25, 0.3) is 0 Å². The first-order valence-corrected chi connectivity index (χ1v) is 7.20. The summed E-state index contributed by atoms with van der Waals surface area (Å²) in [5, 5.41) is 10.9. The van der Waals surface area contributed by atoms with Crippen LogP contribution in [0.5, 0.6) is 0 Å². The van der Waals surface area contributed by atoms with Crippen molar-refractivity contribution in [2.75, 3.05) is 0 Å². The molecule has 0 amide bonds. The molecule has 6 heteroatoms. The number of halogens is 5. The Morgan fingerprint density at radius 2 is 1.80 bits per heavy atom. The van der Waals surface area contributed by atoms with Gasteiger partial charge in [-0.25, -0.2) is 8.78 Å². The predicted molar refractivity (Wildman–Crippen MR) is 79.2 cm³/mol. The van der Waals surface area contributed by atoms with Gasteiger partial charge in [0, 0.05) is 6.42 Å². The quantitative estimate of drug-likeness (QED) is 0.714. The van der Waals surface area contributed by atoms with Gasteiger partial charge in [-0.1, -0.05) is 35.3 Å². The van der Waals surface area contributed by atoms with Gasteiger partial charge in [0.2, 0.25) is 0 Å². The number of benzene rings is 2. The fourth-order valence-electron chi connectivity index (χ4n) is 1.80. The van der Waals surface area contributed by atoms with Crippen molar-refractivity contribution in [2.24, 2.45) is 0 Å². The van der Waals surface area contributed by atoms with Gasteiger partial charge in [-0.2, -0.15) is 0 Å². The molecule has 0 radical (unpaired) electrons. The predicted octanol–water partition coefficient (Wildman–Crippen LogP) is 5.31. The van der Waals surface area contributed by atoms with Crippen LogP contribution in [-0.2, 0) is 6.42 Å². The number of aliphatic hydroxyl groups is 1. The Hall–Kier alpha value is -0.680. The molecule has 0 saturated carbocycles. The molecule has 0 aliphatic heterocycles. The van der Waals surface area contributed by atoms with Gasteiger partial charge in [-0.05, 0) is 45.3 Å². The first kappa shape index (κ1) is 15.7. The molecule has 1 N–H and O–H groups in total. The number of aliphatic hydroxyl groups excluding tert-OH is 1. The molecule has 0 spiro atoms. The van der Waals surface area contributed by atoms with Crippen LogP contribution in [-0.4, -0.2) is 5.11 Å². The van der Waals surface area contributed by atoms with Crippen LogP contribution < -0.4 is 0 Å². The molecule has 1 atom stereocenters. The maximum atomic E-state index is 13.4. The van der Waals surface area contributed by atoms with Crippen molar-refractivity contribution in [1.82, 2.24) is 0 Å². The van der Waals surface area contributed by atoms with Gasteiger partial charge < -0.3 is 5.11 Å². The van der Waals surface area contributed by atoms with E-state index >= 15 is 0 Å². The zero-order chi connectivity index (χ0) is 14.9. The van der Waals surface area contributed by atoms with Crippen LogP contribution >= 0.6 is 39.1 Å². The Morgan fingerprint density at radius 1 is 1.10 bits per heavy atom. The monoisotopic (exact) mass is 380 g/mol. The van der Waals surface area contributed by atoms with Crippen molar-refractivity contribution in [3.8, 4) is 0 Å². The molecule has 2 aromatic carbocycles. The first-order chi connectivity index (χ1) is 9.40. The smallest absolute Gasteiger partial charge is 0.173 e. The molecule has 0 heterocycles. The highest BCUT2D eigenvalue weighted by molar-refractivity contribution is 9.10. The normalized spacial score (nSPS) is 12.5. The van der Waals surface area contributed by atoms with Crippen molar-refractivity contribution in [3.63, 3.8) is 0 Å². The lowest BCUT2D eigenvalue weighted by Gasteiger charge is -2.14. The van der Waals surface area contributed by atoms with E-state index in [4.69, 9.17) is 23.2 Å². The third-order valence-electron chi connectivity index (χ3n) is 2.84. The second-order valence-corrected chi connectivity index (χ2v) is 5.84. The average molecular weight is 382 g/mol. The molecule has 0 fully saturated rings. The zero-order valence-electron chi connectivity index (χ0n) is 10.0. The topological polar surface area (TPSA) is 20.2 Å². The van der Waals surface area contributed by atoms with Gasteiger partial charge >= 0.3 is 0 Å². The SMILES string of the molecule is OC(Cc1ccc(Cl)c(Cl)c1)c1ccc(F)c(F)c1Br. The zero-order valence-corrected chi connectivity index (χ0v) is 13.1. The van der Waals surface area contributed by atoms with Crippen LogP contribution in [0.1, 0.15) is 17.2 Å². The fraction of sp³-hybridized carbons (Fsp3) is 0.143. The Kier molecular flexibility index (Phi) is 5.02. The Morgan fingerprint density at radius 3 is 2.45 bits per heavy atom. The van der Waals surface area contributed by atoms with Crippen molar-refractivity contribution < 1.29 is 13.9 Å². The summed E-state index contributed by atoms with van der Waals surface area (Å²) in [5.74, 6) is -1.99. The van der Waals surface area contributed by atoms with Crippen LogP contribution in [0.2, 0.25) is 10.0 Å². The summed E-state index contributed by atoms with van der Waals surface area (Å²) >= 11 is 14.6. The van der Waals surface area contributed by atoms with E-state index in [-0.39, 0.29) is 16.5 Å². The summed E-state index contributed by atoms with van der Waals surface area (Å²) in [6.07, 6.45) is -0.780. The lowest BCUT2D eigenvalue weighted by atomic mass is 10.0. The Labute approximate surface area is 133 Å². The molecule has 2 rings (SSSR count). The maximum absolute atomic E-state index is 13.4. The van der Waals surface area contributed by atoms with Gasteiger partial charge in [0.05, 0.1) is 20.6 Å². The molecule has 20 heavy (non-hydrogen) atoms. The van der Waals surface area contributed by atoms with E-state index in [0.717, 1.165) is 11.6 Å². The summed E-state index contributed by atoms with van der Waals surface area (Å²) in [5.41, 5.74) is 1.01. The number of hydrogen-bond donors (Lipinski definition) is 1. The Balaban J connectivity index is 2.26. The van der Waals surface area contributed by atoms with Gasteiger partial charge in [0.25, 0.3) is 0 Å². The number of rotatable bonds is 3. The molecular formula is C14H9BrCl2F2O. The molecule has 0 saturated heterocycles. The largest absolute Gasteiger partial charge is 0.388 e. The summed E-state index contributed by atoms with van der Waals surface area (Å²) in [6, 6.07) is 7.27. The maximum Gasteiger partial charge on any atom is 0.173 e. The minimum atomic E-state index is -1.02. The number of hydrogen-bond acceptors (Lipinski definition) is 1. The Bertz CT molecular complexity index is 649. The van der Waals surface area contributed by atoms with Crippen LogP contribution in [0.3, 0.4) is 0 Å². The molecule has 1 nitrogen and oxygen atoms in total. The van der Waals surface area contributed by atoms with E-state index in [1.807, 2.05) is 0 Å². The minimum absolute atomic E-state index is 0.0786.